The molecule has 1 heterocycles. The normalized spacial score (nSPS) is 27.2. The monoisotopic (exact) mass is 227 g/mol. The van der Waals surface area contributed by atoms with Crippen molar-refractivity contribution in [2.24, 2.45) is 17.3 Å². The lowest BCUT2D eigenvalue weighted by Crippen LogP contribution is -2.47. The molecule has 2 fully saturated rings. The fraction of sp³-hybridized carbons (Fsp3) is 1.00. The summed E-state index contributed by atoms with van der Waals surface area (Å²) in [5.74, 6) is 2.89. The van der Waals surface area contributed by atoms with Crippen LogP contribution in [0.3, 0.4) is 0 Å². The molecule has 1 saturated heterocycles. The number of hydrogen-bond donors (Lipinski definition) is 1. The highest BCUT2D eigenvalue weighted by Gasteiger charge is 2.45. The summed E-state index contributed by atoms with van der Waals surface area (Å²) in [6.07, 6.45) is 7.36. The SMILES string of the molecule is CC(C)CC1CC2(CCN(CS)CC2)C1. The second kappa shape index (κ2) is 4.67. The molecule has 1 aliphatic heterocycles. The van der Waals surface area contributed by atoms with E-state index in [0.29, 0.717) is 0 Å². The maximum Gasteiger partial charge on any atom is 0.0414 e. The Morgan fingerprint density at radius 1 is 1.27 bits per heavy atom. The van der Waals surface area contributed by atoms with E-state index in [-0.39, 0.29) is 0 Å². The highest BCUT2D eigenvalue weighted by molar-refractivity contribution is 7.80. The Kier molecular flexibility index (Phi) is 3.67. The summed E-state index contributed by atoms with van der Waals surface area (Å²) in [6, 6.07) is 0. The molecule has 0 aromatic heterocycles. The molecule has 2 heteroatoms. The molecule has 0 amide bonds. The van der Waals surface area contributed by atoms with Gasteiger partial charge in [-0.05, 0) is 62.4 Å². The first-order valence-corrected chi connectivity index (χ1v) is 7.10. The van der Waals surface area contributed by atoms with Gasteiger partial charge >= 0.3 is 0 Å². The number of thiol groups is 1. The molecule has 2 aliphatic rings. The van der Waals surface area contributed by atoms with Crippen molar-refractivity contribution in [2.75, 3.05) is 19.0 Å². The minimum atomic E-state index is 0.763. The van der Waals surface area contributed by atoms with Crippen LogP contribution in [0.1, 0.15) is 46.0 Å². The fourth-order valence-electron chi connectivity index (χ4n) is 3.58. The summed E-state index contributed by atoms with van der Waals surface area (Å²) in [7, 11) is 0. The standard InChI is InChI=1S/C13H25NS/c1-11(2)7-12-8-13(9-12)3-5-14(10-15)6-4-13/h11-12,15H,3-10H2,1-2H3. The van der Waals surface area contributed by atoms with Gasteiger partial charge in [-0.15, -0.1) is 0 Å². The van der Waals surface area contributed by atoms with Gasteiger partial charge in [0.1, 0.15) is 0 Å². The largest absolute Gasteiger partial charge is 0.294 e. The van der Waals surface area contributed by atoms with E-state index >= 15 is 0 Å². The number of piperidine rings is 1. The Hall–Kier alpha value is 0.310. The lowest BCUT2D eigenvalue weighted by Gasteiger charge is -2.52. The molecule has 1 saturated carbocycles. The van der Waals surface area contributed by atoms with Gasteiger partial charge in [0, 0.05) is 5.88 Å². The first-order chi connectivity index (χ1) is 7.13. The topological polar surface area (TPSA) is 3.24 Å². The Balaban J connectivity index is 1.73. The van der Waals surface area contributed by atoms with E-state index in [1.54, 1.807) is 0 Å². The molecule has 1 spiro atoms. The van der Waals surface area contributed by atoms with Crippen LogP contribution in [0.5, 0.6) is 0 Å². The molecule has 1 nitrogen and oxygen atoms in total. The summed E-state index contributed by atoms with van der Waals surface area (Å²) in [4.78, 5) is 2.48. The number of rotatable bonds is 3. The van der Waals surface area contributed by atoms with Crippen LogP contribution in [-0.4, -0.2) is 23.9 Å². The zero-order valence-electron chi connectivity index (χ0n) is 10.2. The zero-order chi connectivity index (χ0) is 10.9. The van der Waals surface area contributed by atoms with Crippen molar-refractivity contribution in [1.82, 2.24) is 4.90 Å². The van der Waals surface area contributed by atoms with Crippen LogP contribution >= 0.6 is 12.6 Å². The number of hydrogen-bond acceptors (Lipinski definition) is 2. The van der Waals surface area contributed by atoms with E-state index in [9.17, 15) is 0 Å². The van der Waals surface area contributed by atoms with Gasteiger partial charge in [-0.25, -0.2) is 0 Å². The van der Waals surface area contributed by atoms with E-state index in [1.165, 1.54) is 45.2 Å². The van der Waals surface area contributed by atoms with E-state index in [0.717, 1.165) is 23.1 Å². The predicted molar refractivity (Wildman–Crippen MR) is 69.3 cm³/mol. The minimum Gasteiger partial charge on any atom is -0.294 e. The lowest BCUT2D eigenvalue weighted by molar-refractivity contribution is -0.0158. The average molecular weight is 227 g/mol. The minimum absolute atomic E-state index is 0.763. The summed E-state index contributed by atoms with van der Waals surface area (Å²) >= 11 is 4.36. The second-order valence-electron chi connectivity index (χ2n) is 6.16. The molecular weight excluding hydrogens is 202 g/mol. The fourth-order valence-corrected chi connectivity index (χ4v) is 3.86. The van der Waals surface area contributed by atoms with Crippen molar-refractivity contribution in [2.45, 2.75) is 46.0 Å². The lowest BCUT2D eigenvalue weighted by atomic mass is 9.56. The van der Waals surface area contributed by atoms with E-state index in [1.807, 2.05) is 0 Å². The Labute approximate surface area is 100 Å². The molecule has 0 N–H and O–H groups in total. The van der Waals surface area contributed by atoms with Crippen LogP contribution in [0, 0.1) is 17.3 Å². The molecule has 0 atom stereocenters. The third-order valence-electron chi connectivity index (χ3n) is 4.36. The highest BCUT2D eigenvalue weighted by Crippen LogP contribution is 2.54. The van der Waals surface area contributed by atoms with Crippen LogP contribution in [0.2, 0.25) is 0 Å². The zero-order valence-corrected chi connectivity index (χ0v) is 11.1. The second-order valence-corrected chi connectivity index (χ2v) is 6.45. The molecule has 0 bridgehead atoms. The Morgan fingerprint density at radius 2 is 1.87 bits per heavy atom. The number of nitrogens with zero attached hydrogens (tertiary/aromatic N) is 1. The predicted octanol–water partition coefficient (Wildman–Crippen LogP) is 3.41. The summed E-state index contributed by atoms with van der Waals surface area (Å²) in [5, 5.41) is 0. The molecular formula is C13H25NS. The first-order valence-electron chi connectivity index (χ1n) is 6.47. The average Bonchev–Trinajstić information content (AvgIpc) is 2.16. The quantitative estimate of drug-likeness (QED) is 0.723. The van der Waals surface area contributed by atoms with Gasteiger partial charge in [0.15, 0.2) is 0 Å². The van der Waals surface area contributed by atoms with Gasteiger partial charge < -0.3 is 0 Å². The van der Waals surface area contributed by atoms with Gasteiger partial charge in [-0.1, -0.05) is 13.8 Å². The summed E-state index contributed by atoms with van der Waals surface area (Å²) in [5.41, 5.74) is 0.763. The maximum atomic E-state index is 4.36. The van der Waals surface area contributed by atoms with E-state index in [4.69, 9.17) is 0 Å². The van der Waals surface area contributed by atoms with Gasteiger partial charge in [0.2, 0.25) is 0 Å². The first kappa shape index (κ1) is 11.8. The molecule has 88 valence electrons. The van der Waals surface area contributed by atoms with Crippen molar-refractivity contribution >= 4 is 12.6 Å². The van der Waals surface area contributed by atoms with Crippen LogP contribution in [-0.2, 0) is 0 Å². The molecule has 0 radical (unpaired) electrons. The van der Waals surface area contributed by atoms with Crippen LogP contribution in [0.15, 0.2) is 0 Å². The van der Waals surface area contributed by atoms with Crippen molar-refractivity contribution < 1.29 is 0 Å². The molecule has 0 aromatic rings. The Bertz CT molecular complexity index is 199. The molecule has 15 heavy (non-hydrogen) atoms. The van der Waals surface area contributed by atoms with Crippen molar-refractivity contribution in [3.05, 3.63) is 0 Å². The molecule has 2 rings (SSSR count). The van der Waals surface area contributed by atoms with Gasteiger partial charge in [-0.2, -0.15) is 12.6 Å². The molecule has 1 aliphatic carbocycles. The van der Waals surface area contributed by atoms with Gasteiger partial charge in [-0.3, -0.25) is 4.90 Å². The molecule has 0 unspecified atom stereocenters. The number of likely N-dealkylation sites (tertiary alicyclic amines) is 1. The Morgan fingerprint density at radius 3 is 2.33 bits per heavy atom. The molecule has 0 aromatic carbocycles. The van der Waals surface area contributed by atoms with Crippen LogP contribution in [0.25, 0.3) is 0 Å². The van der Waals surface area contributed by atoms with E-state index in [2.05, 4.69) is 31.4 Å². The van der Waals surface area contributed by atoms with Crippen LogP contribution in [0.4, 0.5) is 0 Å². The summed E-state index contributed by atoms with van der Waals surface area (Å²) in [6.45, 7) is 7.29. The van der Waals surface area contributed by atoms with E-state index < -0.39 is 0 Å². The van der Waals surface area contributed by atoms with Crippen molar-refractivity contribution in [3.63, 3.8) is 0 Å². The van der Waals surface area contributed by atoms with Crippen LogP contribution < -0.4 is 0 Å². The highest BCUT2D eigenvalue weighted by atomic mass is 32.1. The van der Waals surface area contributed by atoms with Gasteiger partial charge in [0.05, 0.1) is 0 Å². The van der Waals surface area contributed by atoms with Crippen molar-refractivity contribution in [3.8, 4) is 0 Å². The van der Waals surface area contributed by atoms with Gasteiger partial charge in [0.25, 0.3) is 0 Å². The maximum absolute atomic E-state index is 4.36. The smallest absolute Gasteiger partial charge is 0.0414 e. The third-order valence-corrected chi connectivity index (χ3v) is 4.76. The third kappa shape index (κ3) is 2.71. The van der Waals surface area contributed by atoms with Crippen molar-refractivity contribution in [1.29, 1.82) is 0 Å². The summed E-state index contributed by atoms with van der Waals surface area (Å²) < 4.78 is 0.